The molecule has 1 amide bonds. The fourth-order valence-corrected chi connectivity index (χ4v) is 1.89. The Morgan fingerprint density at radius 3 is 2.13 bits per heavy atom. The number of cyclic esters (lactones) is 2. The van der Waals surface area contributed by atoms with Gasteiger partial charge in [0.1, 0.15) is 5.60 Å². The predicted octanol–water partition coefficient (Wildman–Crippen LogP) is 1.17. The molecule has 1 aliphatic heterocycles. The Labute approximate surface area is 134 Å². The minimum atomic E-state index is -1.63. The van der Waals surface area contributed by atoms with E-state index in [4.69, 9.17) is 14.2 Å². The molecule has 0 saturated carbocycles. The van der Waals surface area contributed by atoms with Crippen molar-refractivity contribution in [3.05, 3.63) is 0 Å². The summed E-state index contributed by atoms with van der Waals surface area (Å²) in [5.74, 6) is -6.36. The van der Waals surface area contributed by atoms with Gasteiger partial charge in [-0.3, -0.25) is 14.4 Å². The maximum atomic E-state index is 12.2. The number of ketones is 1. The highest BCUT2D eigenvalue weighted by Gasteiger charge is 2.48. The summed E-state index contributed by atoms with van der Waals surface area (Å²) >= 11 is 0. The van der Waals surface area contributed by atoms with E-state index in [2.05, 4.69) is 5.32 Å². The lowest BCUT2D eigenvalue weighted by atomic mass is 9.93. The van der Waals surface area contributed by atoms with Gasteiger partial charge in [0.2, 0.25) is 5.92 Å². The SMILES string of the molecule is C[C@H](CNC(=O)OC(C)(C)C)C(=O)C1C(=O)OC(C)(C)OC1=O. The van der Waals surface area contributed by atoms with Crippen molar-refractivity contribution in [3.63, 3.8) is 0 Å². The lowest BCUT2D eigenvalue weighted by molar-refractivity contribution is -0.238. The summed E-state index contributed by atoms with van der Waals surface area (Å²) in [6.07, 6.45) is -0.688. The van der Waals surface area contributed by atoms with Crippen LogP contribution in [0.2, 0.25) is 0 Å². The number of esters is 2. The van der Waals surface area contributed by atoms with E-state index in [9.17, 15) is 19.2 Å². The molecule has 0 unspecified atom stereocenters. The molecule has 1 rings (SSSR count). The fourth-order valence-electron chi connectivity index (χ4n) is 1.89. The van der Waals surface area contributed by atoms with E-state index >= 15 is 0 Å². The van der Waals surface area contributed by atoms with Gasteiger partial charge < -0.3 is 19.5 Å². The van der Waals surface area contributed by atoms with E-state index in [-0.39, 0.29) is 6.54 Å². The Kier molecular flexibility index (Phi) is 5.39. The van der Waals surface area contributed by atoms with Crippen LogP contribution >= 0.6 is 0 Å². The number of amides is 1. The Hall–Kier alpha value is -2.12. The number of nitrogens with one attached hydrogen (secondary N) is 1. The minimum absolute atomic E-state index is 0.0752. The van der Waals surface area contributed by atoms with E-state index in [1.54, 1.807) is 20.8 Å². The largest absolute Gasteiger partial charge is 0.444 e. The van der Waals surface area contributed by atoms with E-state index in [0.717, 1.165) is 0 Å². The molecule has 130 valence electrons. The molecule has 1 heterocycles. The molecule has 1 fully saturated rings. The van der Waals surface area contributed by atoms with Crippen LogP contribution < -0.4 is 5.32 Å². The summed E-state index contributed by atoms with van der Waals surface area (Å²) in [6, 6.07) is 0. The highest BCUT2D eigenvalue weighted by molar-refractivity contribution is 6.16. The molecule has 1 aliphatic rings. The summed E-state index contributed by atoms with van der Waals surface area (Å²) in [5, 5.41) is 2.42. The molecule has 0 aromatic carbocycles. The predicted molar refractivity (Wildman–Crippen MR) is 78.2 cm³/mol. The molecular formula is C15H23NO7. The normalized spacial score (nSPS) is 19.4. The number of carbonyl (C=O) groups is 4. The van der Waals surface area contributed by atoms with Gasteiger partial charge in [-0.2, -0.15) is 0 Å². The highest BCUT2D eigenvalue weighted by atomic mass is 16.7. The molecular weight excluding hydrogens is 306 g/mol. The van der Waals surface area contributed by atoms with Crippen LogP contribution in [-0.2, 0) is 28.6 Å². The summed E-state index contributed by atoms with van der Waals surface area (Å²) < 4.78 is 14.8. The molecule has 0 aliphatic carbocycles. The first-order chi connectivity index (χ1) is 10.3. The molecule has 1 atom stereocenters. The number of alkyl carbamates (subject to hydrolysis) is 1. The Morgan fingerprint density at radius 1 is 1.22 bits per heavy atom. The van der Waals surface area contributed by atoms with Crippen LogP contribution in [0.1, 0.15) is 41.5 Å². The quantitative estimate of drug-likeness (QED) is 0.609. The maximum absolute atomic E-state index is 12.2. The van der Waals surface area contributed by atoms with Crippen molar-refractivity contribution < 1.29 is 33.4 Å². The van der Waals surface area contributed by atoms with Crippen molar-refractivity contribution in [1.29, 1.82) is 0 Å². The minimum Gasteiger partial charge on any atom is -0.444 e. The average molecular weight is 329 g/mol. The van der Waals surface area contributed by atoms with Crippen LogP contribution in [0, 0.1) is 11.8 Å². The maximum Gasteiger partial charge on any atom is 0.407 e. The first-order valence-electron chi connectivity index (χ1n) is 7.29. The number of hydrogen-bond acceptors (Lipinski definition) is 7. The highest BCUT2D eigenvalue weighted by Crippen LogP contribution is 2.25. The summed E-state index contributed by atoms with van der Waals surface area (Å²) in [6.45, 7) is 9.33. The standard InChI is InChI=1S/C15H23NO7/c1-8(7-16-13(20)23-14(2,3)4)10(17)9-11(18)21-15(5,6)22-12(9)19/h8-9H,7H2,1-6H3,(H,16,20)/t8-/m1/s1. The zero-order chi connectivity index (χ0) is 18.0. The zero-order valence-electron chi connectivity index (χ0n) is 14.2. The molecule has 0 aromatic heterocycles. The second kappa shape index (κ2) is 6.55. The third kappa shape index (κ3) is 5.54. The van der Waals surface area contributed by atoms with Gasteiger partial charge in [-0.1, -0.05) is 6.92 Å². The van der Waals surface area contributed by atoms with Crippen molar-refractivity contribution in [3.8, 4) is 0 Å². The first kappa shape index (κ1) is 18.9. The molecule has 0 radical (unpaired) electrons. The molecule has 8 nitrogen and oxygen atoms in total. The summed E-state index contributed by atoms with van der Waals surface area (Å²) in [7, 11) is 0. The smallest absolute Gasteiger partial charge is 0.407 e. The van der Waals surface area contributed by atoms with Crippen LogP contribution in [0.15, 0.2) is 0 Å². The molecule has 1 saturated heterocycles. The Morgan fingerprint density at radius 2 is 1.70 bits per heavy atom. The summed E-state index contributed by atoms with van der Waals surface area (Å²) in [5.41, 5.74) is -0.667. The number of ether oxygens (including phenoxy) is 3. The average Bonchev–Trinajstić information content (AvgIpc) is 2.31. The van der Waals surface area contributed by atoms with E-state index in [1.165, 1.54) is 20.8 Å². The van der Waals surface area contributed by atoms with Gasteiger partial charge in [-0.15, -0.1) is 0 Å². The molecule has 0 spiro atoms. The molecule has 8 heteroatoms. The van der Waals surface area contributed by atoms with Crippen LogP contribution in [-0.4, -0.2) is 41.7 Å². The number of Topliss-reactive ketones (excluding diaryl/α,β-unsaturated/α-hetero) is 1. The van der Waals surface area contributed by atoms with Crippen molar-refractivity contribution in [2.45, 2.75) is 52.9 Å². The zero-order valence-corrected chi connectivity index (χ0v) is 14.2. The van der Waals surface area contributed by atoms with Gasteiger partial charge in [-0.25, -0.2) is 4.79 Å². The van der Waals surface area contributed by atoms with Gasteiger partial charge in [0, 0.05) is 26.3 Å². The summed E-state index contributed by atoms with van der Waals surface area (Å²) in [4.78, 5) is 47.5. The fraction of sp³-hybridized carbons (Fsp3) is 0.733. The number of carbonyl (C=O) groups excluding carboxylic acids is 4. The topological polar surface area (TPSA) is 108 Å². The van der Waals surface area contributed by atoms with Crippen LogP contribution in [0.5, 0.6) is 0 Å². The Bertz CT molecular complexity index is 498. The Balaban J connectivity index is 2.62. The van der Waals surface area contributed by atoms with Crippen molar-refractivity contribution in [2.24, 2.45) is 11.8 Å². The molecule has 0 bridgehead atoms. The van der Waals surface area contributed by atoms with Crippen LogP contribution in [0.3, 0.4) is 0 Å². The van der Waals surface area contributed by atoms with E-state index in [1.807, 2.05) is 0 Å². The van der Waals surface area contributed by atoms with Gasteiger partial charge in [0.15, 0.2) is 5.78 Å². The van der Waals surface area contributed by atoms with Crippen LogP contribution in [0.25, 0.3) is 0 Å². The van der Waals surface area contributed by atoms with Crippen molar-refractivity contribution >= 4 is 23.8 Å². The van der Waals surface area contributed by atoms with E-state index < -0.39 is 47.0 Å². The second-order valence-electron chi connectivity index (χ2n) is 6.86. The molecule has 23 heavy (non-hydrogen) atoms. The monoisotopic (exact) mass is 329 g/mol. The number of rotatable bonds is 4. The lowest BCUT2D eigenvalue weighted by Gasteiger charge is -2.33. The van der Waals surface area contributed by atoms with Gasteiger partial charge >= 0.3 is 18.0 Å². The van der Waals surface area contributed by atoms with Crippen LogP contribution in [0.4, 0.5) is 4.79 Å². The van der Waals surface area contributed by atoms with Gasteiger partial charge in [-0.05, 0) is 20.8 Å². The number of hydrogen-bond donors (Lipinski definition) is 1. The third-order valence-electron chi connectivity index (χ3n) is 2.89. The van der Waals surface area contributed by atoms with Gasteiger partial charge in [0.25, 0.3) is 5.79 Å². The molecule has 1 N–H and O–H groups in total. The van der Waals surface area contributed by atoms with Gasteiger partial charge in [0.05, 0.1) is 0 Å². The third-order valence-corrected chi connectivity index (χ3v) is 2.89. The van der Waals surface area contributed by atoms with E-state index in [0.29, 0.717) is 0 Å². The molecule has 0 aromatic rings. The second-order valence-corrected chi connectivity index (χ2v) is 6.86. The van der Waals surface area contributed by atoms with Crippen molar-refractivity contribution in [2.75, 3.05) is 6.54 Å². The van der Waals surface area contributed by atoms with Crippen molar-refractivity contribution in [1.82, 2.24) is 5.32 Å². The lowest BCUT2D eigenvalue weighted by Crippen LogP contribution is -2.51. The first-order valence-corrected chi connectivity index (χ1v) is 7.29.